The maximum Gasteiger partial charge on any atom is 0.200 e. The molecule has 0 aromatic carbocycles. The topological polar surface area (TPSA) is 41.8 Å². The van der Waals surface area contributed by atoms with Crippen molar-refractivity contribution < 1.29 is 9.63 Å². The zero-order chi connectivity index (χ0) is 17.2. The maximum absolute atomic E-state index is 8.99. The van der Waals surface area contributed by atoms with E-state index in [0.717, 1.165) is 44.4 Å². The van der Waals surface area contributed by atoms with E-state index in [4.69, 9.17) is 9.63 Å². The van der Waals surface area contributed by atoms with Crippen LogP contribution in [-0.2, 0) is 4.43 Å². The molecule has 0 radical (unpaired) electrons. The summed E-state index contributed by atoms with van der Waals surface area (Å²) in [6, 6.07) is 0. The van der Waals surface area contributed by atoms with E-state index in [1.807, 2.05) is 6.08 Å². The fourth-order valence-electron chi connectivity index (χ4n) is 3.67. The predicted molar refractivity (Wildman–Crippen MR) is 99.5 cm³/mol. The van der Waals surface area contributed by atoms with Gasteiger partial charge in [0.15, 0.2) is 8.32 Å². The summed E-state index contributed by atoms with van der Waals surface area (Å²) >= 11 is 0. The van der Waals surface area contributed by atoms with Gasteiger partial charge in [-0.25, -0.2) is 0 Å². The molecule has 0 aliphatic heterocycles. The van der Waals surface area contributed by atoms with Gasteiger partial charge in [0.2, 0.25) is 0 Å². The molecule has 0 amide bonds. The Kier molecular flexibility index (Phi) is 10.7. The Balaban J connectivity index is 4.33. The minimum absolute atomic E-state index is 0.634. The molecule has 0 bridgehead atoms. The molecule has 22 heavy (non-hydrogen) atoms. The summed E-state index contributed by atoms with van der Waals surface area (Å²) in [7, 11) is -1.73. The third-order valence-electron chi connectivity index (χ3n) is 4.70. The minimum Gasteiger partial charge on any atom is -0.416 e. The van der Waals surface area contributed by atoms with Crippen molar-refractivity contribution in [1.29, 1.82) is 0 Å². The minimum atomic E-state index is -1.73. The van der Waals surface area contributed by atoms with Gasteiger partial charge in [-0.2, -0.15) is 0 Å². The van der Waals surface area contributed by atoms with Crippen LogP contribution in [-0.4, -0.2) is 25.8 Å². The van der Waals surface area contributed by atoms with Crippen LogP contribution in [0.5, 0.6) is 0 Å². The molecule has 0 fully saturated rings. The molecular weight excluding hydrogens is 290 g/mol. The largest absolute Gasteiger partial charge is 0.416 e. The van der Waals surface area contributed by atoms with Crippen molar-refractivity contribution in [3.63, 3.8) is 0 Å². The molecule has 0 saturated carbocycles. The van der Waals surface area contributed by atoms with Crippen LogP contribution in [0.1, 0.15) is 73.6 Å². The molecule has 1 N–H and O–H groups in total. The Hall–Kier alpha value is -0.613. The molecule has 0 aromatic rings. The smallest absolute Gasteiger partial charge is 0.200 e. The fraction of sp³-hybridized carbons (Fsp3) is 0.833. The maximum atomic E-state index is 8.99. The molecule has 130 valence electrons. The highest BCUT2D eigenvalue weighted by atomic mass is 28.4. The SMILES string of the molecule is C=CCC/C(CCCCO[Si](C(C)C)(C(C)C)C(C)C)=N/O. The lowest BCUT2D eigenvalue weighted by atomic mass is 10.1. The number of unbranched alkanes of at least 4 members (excludes halogenated alkanes) is 1. The Morgan fingerprint density at radius 1 is 1.05 bits per heavy atom. The van der Waals surface area contributed by atoms with E-state index in [1.165, 1.54) is 0 Å². The molecule has 0 unspecified atom stereocenters. The van der Waals surface area contributed by atoms with Crippen LogP contribution in [0.4, 0.5) is 0 Å². The second-order valence-electron chi connectivity index (χ2n) is 7.12. The van der Waals surface area contributed by atoms with Crippen LogP contribution < -0.4 is 0 Å². The third kappa shape index (κ3) is 6.25. The average Bonchev–Trinajstić information content (AvgIpc) is 2.44. The first-order valence-electron chi connectivity index (χ1n) is 8.77. The average molecular weight is 328 g/mol. The van der Waals surface area contributed by atoms with Crippen molar-refractivity contribution in [2.45, 2.75) is 90.3 Å². The number of hydrogen-bond donors (Lipinski definition) is 1. The quantitative estimate of drug-likeness (QED) is 0.117. The fourth-order valence-corrected chi connectivity index (χ4v) is 9.17. The Morgan fingerprint density at radius 2 is 1.59 bits per heavy atom. The van der Waals surface area contributed by atoms with Crippen molar-refractivity contribution in [2.24, 2.45) is 5.16 Å². The lowest BCUT2D eigenvalue weighted by Crippen LogP contribution is -2.47. The van der Waals surface area contributed by atoms with Gasteiger partial charge in [-0.15, -0.1) is 6.58 Å². The molecule has 0 aromatic heterocycles. The standard InChI is InChI=1S/C18H37NO2Si/c1-8-9-12-18(19-20)13-10-11-14-21-22(15(2)3,16(4)5)17(6)7/h8,15-17,20H,1,9-14H2,2-7H3/b19-18-. The van der Waals surface area contributed by atoms with Gasteiger partial charge in [0, 0.05) is 6.61 Å². The van der Waals surface area contributed by atoms with Crippen LogP contribution in [0.25, 0.3) is 0 Å². The summed E-state index contributed by atoms with van der Waals surface area (Å²) in [6.45, 7) is 18.4. The van der Waals surface area contributed by atoms with Gasteiger partial charge in [0.1, 0.15) is 0 Å². The van der Waals surface area contributed by atoms with Gasteiger partial charge in [0.25, 0.3) is 0 Å². The van der Waals surface area contributed by atoms with Gasteiger partial charge in [-0.3, -0.25) is 0 Å². The van der Waals surface area contributed by atoms with Gasteiger partial charge in [0.05, 0.1) is 5.71 Å². The van der Waals surface area contributed by atoms with Crippen LogP contribution in [0.3, 0.4) is 0 Å². The van der Waals surface area contributed by atoms with Crippen molar-refractivity contribution in [1.82, 2.24) is 0 Å². The number of oxime groups is 1. The number of nitrogens with zero attached hydrogens (tertiary/aromatic N) is 1. The van der Waals surface area contributed by atoms with E-state index in [9.17, 15) is 0 Å². The molecule has 0 spiro atoms. The molecule has 0 rings (SSSR count). The van der Waals surface area contributed by atoms with E-state index in [1.54, 1.807) is 0 Å². The molecule has 0 heterocycles. The van der Waals surface area contributed by atoms with E-state index in [0.29, 0.717) is 16.6 Å². The molecule has 4 heteroatoms. The molecule has 0 saturated heterocycles. The van der Waals surface area contributed by atoms with Gasteiger partial charge >= 0.3 is 0 Å². The molecule has 3 nitrogen and oxygen atoms in total. The van der Waals surface area contributed by atoms with Gasteiger partial charge < -0.3 is 9.63 Å². The lowest BCUT2D eigenvalue weighted by Gasteiger charge is -2.42. The first-order chi connectivity index (χ1) is 10.3. The van der Waals surface area contributed by atoms with Crippen molar-refractivity contribution in [3.8, 4) is 0 Å². The second-order valence-corrected chi connectivity index (χ2v) is 12.6. The van der Waals surface area contributed by atoms with Crippen LogP contribution in [0.2, 0.25) is 16.6 Å². The molecular formula is C18H37NO2Si. The van der Waals surface area contributed by atoms with Crippen molar-refractivity contribution >= 4 is 14.0 Å². The monoisotopic (exact) mass is 327 g/mol. The summed E-state index contributed by atoms with van der Waals surface area (Å²) < 4.78 is 6.53. The van der Waals surface area contributed by atoms with Crippen molar-refractivity contribution in [3.05, 3.63) is 12.7 Å². The van der Waals surface area contributed by atoms with E-state index >= 15 is 0 Å². The zero-order valence-corrected chi connectivity index (χ0v) is 16.6. The second kappa shape index (κ2) is 11.0. The predicted octanol–water partition coefficient (Wildman–Crippen LogP) is 6.15. The lowest BCUT2D eigenvalue weighted by molar-refractivity contribution is 0.269. The van der Waals surface area contributed by atoms with Crippen LogP contribution >= 0.6 is 0 Å². The summed E-state index contributed by atoms with van der Waals surface area (Å²) in [5, 5.41) is 12.4. The first kappa shape index (κ1) is 21.4. The molecule has 0 atom stereocenters. The zero-order valence-electron chi connectivity index (χ0n) is 15.6. The highest BCUT2D eigenvalue weighted by Crippen LogP contribution is 2.42. The normalized spacial score (nSPS) is 13.4. The van der Waals surface area contributed by atoms with Gasteiger partial charge in [-0.1, -0.05) is 52.8 Å². The number of rotatable bonds is 12. The Labute approximate surface area is 139 Å². The Bertz CT molecular complexity index is 316. The summed E-state index contributed by atoms with van der Waals surface area (Å²) in [5.41, 5.74) is 2.78. The van der Waals surface area contributed by atoms with Gasteiger partial charge in [-0.05, 0) is 48.7 Å². The summed E-state index contributed by atoms with van der Waals surface area (Å²) in [6.07, 6.45) is 6.46. The molecule has 0 aliphatic rings. The van der Waals surface area contributed by atoms with E-state index < -0.39 is 8.32 Å². The van der Waals surface area contributed by atoms with Crippen molar-refractivity contribution in [2.75, 3.05) is 6.61 Å². The van der Waals surface area contributed by atoms with Crippen LogP contribution in [0, 0.1) is 0 Å². The highest BCUT2D eigenvalue weighted by Gasteiger charge is 2.44. The molecule has 0 aliphatic carbocycles. The highest BCUT2D eigenvalue weighted by molar-refractivity contribution is 6.77. The Morgan fingerprint density at radius 3 is 2.00 bits per heavy atom. The van der Waals surface area contributed by atoms with E-state index in [-0.39, 0.29) is 0 Å². The number of allylic oxidation sites excluding steroid dienone is 1. The summed E-state index contributed by atoms with van der Waals surface area (Å²) in [4.78, 5) is 0. The first-order valence-corrected chi connectivity index (χ1v) is 10.9. The van der Waals surface area contributed by atoms with Crippen LogP contribution in [0.15, 0.2) is 17.8 Å². The number of hydrogen-bond acceptors (Lipinski definition) is 3. The summed E-state index contributed by atoms with van der Waals surface area (Å²) in [5.74, 6) is 0. The third-order valence-corrected chi connectivity index (χ3v) is 10.8. The van der Waals surface area contributed by atoms with E-state index in [2.05, 4.69) is 53.3 Å².